The lowest BCUT2D eigenvalue weighted by atomic mass is 9.97. The van der Waals surface area contributed by atoms with Crippen molar-refractivity contribution in [2.24, 2.45) is 11.7 Å². The van der Waals surface area contributed by atoms with Crippen LogP contribution in [0.25, 0.3) is 10.8 Å². The maximum Gasteiger partial charge on any atom is 0.243 e. The molecule has 1 heterocycles. The molecule has 8 nitrogen and oxygen atoms in total. The number of aliphatic hydroxyl groups excluding tert-OH is 1. The van der Waals surface area contributed by atoms with Gasteiger partial charge in [0.25, 0.3) is 0 Å². The first kappa shape index (κ1) is 28.6. The van der Waals surface area contributed by atoms with E-state index in [0.29, 0.717) is 13.0 Å². The first-order chi connectivity index (χ1) is 17.9. The molecule has 37 heavy (non-hydrogen) atoms. The molecular weight excluding hydrogens is 468 g/mol. The maximum atomic E-state index is 13.4. The number of benzene rings is 2. The second kappa shape index (κ2) is 14.1. The van der Waals surface area contributed by atoms with Crippen molar-refractivity contribution in [3.05, 3.63) is 48.0 Å². The minimum absolute atomic E-state index is 0.00305. The minimum atomic E-state index is -0.863. The van der Waals surface area contributed by atoms with Gasteiger partial charge in [-0.05, 0) is 42.0 Å². The van der Waals surface area contributed by atoms with Crippen LogP contribution in [0.3, 0.4) is 0 Å². The molecule has 5 N–H and O–H groups in total. The zero-order chi connectivity index (χ0) is 26.8. The standard InChI is InChI=1S/C29H42N4O4/c1-3-5-9-21(4-2)29(37)33-15-8-12-26(33)28(36)32-25(27(35)31-19-24(34)18-30)17-20-13-14-22-10-6-7-11-23(22)16-20/h6-7,10-11,13-14,16,21,24-26,34H,3-5,8-9,12,15,17-19,30H2,1-2H3,(H,31,35)(H,32,36). The molecule has 8 heteroatoms. The highest BCUT2D eigenvalue weighted by Gasteiger charge is 2.37. The molecule has 0 aliphatic carbocycles. The third-order valence-electron chi connectivity index (χ3n) is 7.26. The quantitative estimate of drug-likeness (QED) is 0.330. The number of hydrogen-bond acceptors (Lipinski definition) is 5. The van der Waals surface area contributed by atoms with E-state index in [9.17, 15) is 19.5 Å². The van der Waals surface area contributed by atoms with E-state index >= 15 is 0 Å². The van der Waals surface area contributed by atoms with Crippen molar-refractivity contribution < 1.29 is 19.5 Å². The molecule has 1 aliphatic rings. The van der Waals surface area contributed by atoms with Gasteiger partial charge in [0.1, 0.15) is 12.1 Å². The molecule has 4 atom stereocenters. The van der Waals surface area contributed by atoms with Crippen LogP contribution in [-0.2, 0) is 20.8 Å². The minimum Gasteiger partial charge on any atom is -0.390 e. The van der Waals surface area contributed by atoms with Crippen LogP contribution in [0.1, 0.15) is 57.9 Å². The predicted octanol–water partition coefficient (Wildman–Crippen LogP) is 2.51. The number of nitrogens with two attached hydrogens (primary N) is 1. The van der Waals surface area contributed by atoms with Gasteiger partial charge in [-0.1, -0.05) is 69.2 Å². The van der Waals surface area contributed by atoms with Crippen molar-refractivity contribution in [2.75, 3.05) is 19.6 Å². The van der Waals surface area contributed by atoms with Gasteiger partial charge in [-0.2, -0.15) is 0 Å². The van der Waals surface area contributed by atoms with Gasteiger partial charge in [-0.25, -0.2) is 0 Å². The Morgan fingerprint density at radius 2 is 1.89 bits per heavy atom. The molecule has 1 fully saturated rings. The highest BCUT2D eigenvalue weighted by Crippen LogP contribution is 2.24. The highest BCUT2D eigenvalue weighted by molar-refractivity contribution is 5.93. The van der Waals surface area contributed by atoms with Crippen molar-refractivity contribution in [1.82, 2.24) is 15.5 Å². The number of nitrogens with one attached hydrogen (secondary N) is 2. The number of likely N-dealkylation sites (tertiary alicyclic amines) is 1. The molecule has 0 saturated carbocycles. The van der Waals surface area contributed by atoms with E-state index in [1.54, 1.807) is 4.90 Å². The Kier molecular flexibility index (Phi) is 10.9. The second-order valence-electron chi connectivity index (χ2n) is 10.0. The molecule has 3 amide bonds. The molecule has 2 aromatic rings. The summed E-state index contributed by atoms with van der Waals surface area (Å²) in [5.41, 5.74) is 6.38. The van der Waals surface area contributed by atoms with Crippen LogP contribution >= 0.6 is 0 Å². The van der Waals surface area contributed by atoms with Crippen molar-refractivity contribution in [1.29, 1.82) is 0 Å². The molecule has 4 unspecified atom stereocenters. The van der Waals surface area contributed by atoms with Crippen LogP contribution in [-0.4, -0.2) is 65.5 Å². The van der Waals surface area contributed by atoms with E-state index in [1.165, 1.54) is 0 Å². The van der Waals surface area contributed by atoms with Crippen LogP contribution in [0.2, 0.25) is 0 Å². The zero-order valence-electron chi connectivity index (χ0n) is 22.1. The molecule has 0 bridgehead atoms. The number of aliphatic hydroxyl groups is 1. The highest BCUT2D eigenvalue weighted by atomic mass is 16.3. The van der Waals surface area contributed by atoms with E-state index in [2.05, 4.69) is 17.6 Å². The topological polar surface area (TPSA) is 125 Å². The smallest absolute Gasteiger partial charge is 0.243 e. The summed E-state index contributed by atoms with van der Waals surface area (Å²) < 4.78 is 0. The lowest BCUT2D eigenvalue weighted by molar-refractivity contribution is -0.142. The fraction of sp³-hybridized carbons (Fsp3) is 0.552. The summed E-state index contributed by atoms with van der Waals surface area (Å²) in [4.78, 5) is 41.5. The predicted molar refractivity (Wildman–Crippen MR) is 146 cm³/mol. The third kappa shape index (κ3) is 7.76. The summed E-state index contributed by atoms with van der Waals surface area (Å²) in [6.45, 7) is 4.71. The van der Waals surface area contributed by atoms with E-state index < -0.39 is 18.2 Å². The van der Waals surface area contributed by atoms with Gasteiger partial charge in [0.05, 0.1) is 6.10 Å². The van der Waals surface area contributed by atoms with Crippen molar-refractivity contribution in [3.63, 3.8) is 0 Å². The Hall–Kier alpha value is -2.97. The Labute approximate surface area is 220 Å². The Balaban J connectivity index is 1.76. The maximum absolute atomic E-state index is 13.4. The summed E-state index contributed by atoms with van der Waals surface area (Å²) in [7, 11) is 0. The van der Waals surface area contributed by atoms with Gasteiger partial charge in [0.2, 0.25) is 17.7 Å². The summed E-state index contributed by atoms with van der Waals surface area (Å²) >= 11 is 0. The van der Waals surface area contributed by atoms with Crippen LogP contribution in [0.5, 0.6) is 0 Å². The summed E-state index contributed by atoms with van der Waals surface area (Å²) in [5, 5.41) is 17.6. The second-order valence-corrected chi connectivity index (χ2v) is 10.0. The third-order valence-corrected chi connectivity index (χ3v) is 7.26. The molecule has 202 valence electrons. The van der Waals surface area contributed by atoms with Crippen molar-refractivity contribution in [2.45, 2.75) is 77.0 Å². The van der Waals surface area contributed by atoms with Crippen LogP contribution < -0.4 is 16.4 Å². The fourth-order valence-electron chi connectivity index (χ4n) is 4.99. The average Bonchev–Trinajstić information content (AvgIpc) is 3.41. The Morgan fingerprint density at radius 3 is 2.59 bits per heavy atom. The van der Waals surface area contributed by atoms with E-state index in [0.717, 1.165) is 48.4 Å². The molecule has 1 saturated heterocycles. The lowest BCUT2D eigenvalue weighted by Crippen LogP contribution is -2.55. The van der Waals surface area contributed by atoms with Crippen molar-refractivity contribution in [3.8, 4) is 0 Å². The first-order valence-electron chi connectivity index (χ1n) is 13.6. The average molecular weight is 511 g/mol. The molecule has 0 spiro atoms. The molecule has 2 aromatic carbocycles. The van der Waals surface area contributed by atoms with Gasteiger partial charge in [0, 0.05) is 32.0 Å². The van der Waals surface area contributed by atoms with Gasteiger partial charge in [-0.15, -0.1) is 0 Å². The fourth-order valence-corrected chi connectivity index (χ4v) is 4.99. The summed E-state index contributed by atoms with van der Waals surface area (Å²) in [6.07, 6.45) is 4.35. The number of carbonyl (C=O) groups is 3. The normalized spacial score (nSPS) is 17.8. The van der Waals surface area contributed by atoms with Gasteiger partial charge in [0.15, 0.2) is 0 Å². The Bertz CT molecular complexity index is 1060. The number of hydrogen-bond donors (Lipinski definition) is 4. The number of fused-ring (bicyclic) bond motifs is 1. The first-order valence-corrected chi connectivity index (χ1v) is 13.6. The van der Waals surface area contributed by atoms with Gasteiger partial charge in [-0.3, -0.25) is 14.4 Å². The summed E-state index contributed by atoms with van der Waals surface area (Å²) in [5.74, 6) is -0.742. The van der Waals surface area contributed by atoms with E-state index in [-0.39, 0.29) is 43.1 Å². The van der Waals surface area contributed by atoms with Crippen molar-refractivity contribution >= 4 is 28.5 Å². The number of rotatable bonds is 13. The van der Waals surface area contributed by atoms with E-state index in [1.807, 2.05) is 49.4 Å². The van der Waals surface area contributed by atoms with Crippen LogP contribution in [0.4, 0.5) is 0 Å². The molecule has 3 rings (SSSR count). The van der Waals surface area contributed by atoms with Gasteiger partial charge < -0.3 is 26.4 Å². The lowest BCUT2D eigenvalue weighted by Gasteiger charge is -2.29. The van der Waals surface area contributed by atoms with Gasteiger partial charge >= 0.3 is 0 Å². The molecular formula is C29H42N4O4. The SMILES string of the molecule is CCCCC(CC)C(=O)N1CCCC1C(=O)NC(Cc1ccc2ccccc2c1)C(=O)NCC(O)CN. The number of carbonyl (C=O) groups excluding carboxylic acids is 3. The van der Waals surface area contributed by atoms with Crippen LogP contribution in [0.15, 0.2) is 42.5 Å². The Morgan fingerprint density at radius 1 is 1.14 bits per heavy atom. The monoisotopic (exact) mass is 510 g/mol. The number of unbranched alkanes of at least 4 members (excludes halogenated alkanes) is 1. The molecule has 0 radical (unpaired) electrons. The number of nitrogens with zero attached hydrogens (tertiary/aromatic N) is 1. The molecule has 0 aromatic heterocycles. The van der Waals surface area contributed by atoms with E-state index in [4.69, 9.17) is 5.73 Å². The molecule has 1 aliphatic heterocycles. The summed E-state index contributed by atoms with van der Waals surface area (Å²) in [6, 6.07) is 12.5. The van der Waals surface area contributed by atoms with Crippen LogP contribution in [0, 0.1) is 5.92 Å². The number of amides is 3. The largest absolute Gasteiger partial charge is 0.390 e. The zero-order valence-corrected chi connectivity index (χ0v) is 22.1.